The van der Waals surface area contributed by atoms with Crippen molar-refractivity contribution >= 4 is 87.2 Å². The first-order valence-corrected chi connectivity index (χ1v) is 19.8. The van der Waals surface area contributed by atoms with Crippen LogP contribution in [0.4, 0.5) is 0 Å². The smallest absolute Gasteiger partial charge is 0.167 e. The van der Waals surface area contributed by atoms with E-state index in [1.54, 1.807) is 0 Å². The van der Waals surface area contributed by atoms with Crippen LogP contribution < -0.4 is 0 Å². The predicted octanol–water partition coefficient (Wildman–Crippen LogP) is 14.1. The Hall–Kier alpha value is -8.09. The van der Waals surface area contributed by atoms with Gasteiger partial charge < -0.3 is 13.4 Å². The van der Waals surface area contributed by atoms with Crippen molar-refractivity contribution in [3.63, 3.8) is 0 Å². The van der Waals surface area contributed by atoms with Crippen molar-refractivity contribution in [2.45, 2.75) is 0 Å². The second-order valence-corrected chi connectivity index (χ2v) is 15.2. The van der Waals surface area contributed by atoms with E-state index in [0.29, 0.717) is 17.5 Å². The third kappa shape index (κ3) is 4.84. The summed E-state index contributed by atoms with van der Waals surface area (Å²) in [5.74, 6) is 1.68. The zero-order valence-corrected chi connectivity index (χ0v) is 31.4. The van der Waals surface area contributed by atoms with Crippen molar-refractivity contribution in [2.24, 2.45) is 0 Å². The van der Waals surface area contributed by atoms with Crippen molar-refractivity contribution in [1.29, 1.82) is 0 Å². The summed E-state index contributed by atoms with van der Waals surface area (Å²) in [5.41, 5.74) is 9.00. The van der Waals surface area contributed by atoms with Gasteiger partial charge in [0, 0.05) is 55.2 Å². The second kappa shape index (κ2) is 12.2. The second-order valence-electron chi connectivity index (χ2n) is 15.2. The Balaban J connectivity index is 1.03. The minimum atomic E-state index is 0.539. The van der Waals surface area contributed by atoms with Gasteiger partial charge in [0.2, 0.25) is 0 Å². The van der Waals surface area contributed by atoms with Crippen molar-refractivity contribution in [1.82, 2.24) is 19.5 Å². The molecule has 0 radical (unpaired) electrons. The van der Waals surface area contributed by atoms with Gasteiger partial charge in [-0.3, -0.25) is 0 Å². The monoisotopic (exact) mass is 754 g/mol. The van der Waals surface area contributed by atoms with E-state index in [1.165, 1.54) is 32.3 Å². The van der Waals surface area contributed by atoms with E-state index in [2.05, 4.69) is 114 Å². The van der Waals surface area contributed by atoms with E-state index in [0.717, 1.165) is 77.3 Å². The Bertz CT molecular complexity index is 3760. The first kappa shape index (κ1) is 32.0. The maximum atomic E-state index is 6.74. The standard InChI is InChI=1S/C53H30N4O2/c1-2-12-31(13-3-1)51-54-52(56-53(55-51)41-21-10-19-38-37-18-8-9-22-46(37)59-50(38)41)40-20-11-23-47-49(40)39-25-24-36(30-48(39)58-47)57-44-28-34-16-6-4-14-32(34)26-42(44)43-27-33-15-5-7-17-35(33)29-45(43)57/h1-30H. The average Bonchev–Trinajstić information content (AvgIpc) is 3.96. The lowest BCUT2D eigenvalue weighted by Gasteiger charge is -2.10. The van der Waals surface area contributed by atoms with Crippen LogP contribution in [0.3, 0.4) is 0 Å². The quantitative estimate of drug-likeness (QED) is 0.179. The van der Waals surface area contributed by atoms with Crippen molar-refractivity contribution in [3.8, 4) is 39.9 Å². The van der Waals surface area contributed by atoms with Gasteiger partial charge >= 0.3 is 0 Å². The molecule has 13 aromatic rings. The molecule has 0 N–H and O–H groups in total. The lowest BCUT2D eigenvalue weighted by Crippen LogP contribution is -2.00. The molecule has 0 saturated carbocycles. The van der Waals surface area contributed by atoms with Gasteiger partial charge in [-0.2, -0.15) is 0 Å². The first-order valence-electron chi connectivity index (χ1n) is 19.8. The number of hydrogen-bond acceptors (Lipinski definition) is 5. The summed E-state index contributed by atoms with van der Waals surface area (Å²) < 4.78 is 15.6. The molecule has 13 rings (SSSR count). The van der Waals surface area contributed by atoms with Gasteiger partial charge in [0.05, 0.1) is 16.6 Å². The third-order valence-corrected chi connectivity index (χ3v) is 11.8. The minimum Gasteiger partial charge on any atom is -0.456 e. The molecule has 274 valence electrons. The summed E-state index contributed by atoms with van der Waals surface area (Å²) in [5, 5.41) is 11.3. The highest BCUT2D eigenvalue weighted by atomic mass is 16.3. The molecular weight excluding hydrogens is 725 g/mol. The van der Waals surface area contributed by atoms with Crippen molar-refractivity contribution in [3.05, 3.63) is 182 Å². The van der Waals surface area contributed by atoms with Crippen LogP contribution in [-0.2, 0) is 0 Å². The van der Waals surface area contributed by atoms with Crippen LogP contribution in [0.25, 0.3) is 127 Å². The molecule has 0 saturated heterocycles. The van der Waals surface area contributed by atoms with Crippen molar-refractivity contribution in [2.75, 3.05) is 0 Å². The molecular formula is C53H30N4O2. The molecule has 0 bridgehead atoms. The summed E-state index contributed by atoms with van der Waals surface area (Å²) in [6, 6.07) is 63.4. The number of furan rings is 2. The fourth-order valence-corrected chi connectivity index (χ4v) is 9.06. The summed E-state index contributed by atoms with van der Waals surface area (Å²) >= 11 is 0. The number of rotatable bonds is 4. The largest absolute Gasteiger partial charge is 0.456 e. The average molecular weight is 755 g/mol. The van der Waals surface area contributed by atoms with E-state index >= 15 is 0 Å². The Morgan fingerprint density at radius 1 is 0.356 bits per heavy atom. The number of nitrogens with zero attached hydrogens (tertiary/aromatic N) is 4. The highest BCUT2D eigenvalue weighted by molar-refractivity contribution is 6.18. The molecule has 0 spiro atoms. The van der Waals surface area contributed by atoms with Crippen molar-refractivity contribution < 1.29 is 8.83 Å². The van der Waals surface area contributed by atoms with Crippen LogP contribution in [0.2, 0.25) is 0 Å². The van der Waals surface area contributed by atoms with E-state index in [4.69, 9.17) is 23.8 Å². The molecule has 6 heteroatoms. The molecule has 6 nitrogen and oxygen atoms in total. The first-order chi connectivity index (χ1) is 29.2. The number of hydrogen-bond donors (Lipinski definition) is 0. The Morgan fingerprint density at radius 2 is 0.932 bits per heavy atom. The number of aromatic nitrogens is 4. The summed E-state index contributed by atoms with van der Waals surface area (Å²) in [4.78, 5) is 15.4. The zero-order chi connectivity index (χ0) is 38.6. The van der Waals surface area contributed by atoms with Crippen LogP contribution in [0.15, 0.2) is 191 Å². The molecule has 0 fully saturated rings. The van der Waals surface area contributed by atoms with E-state index < -0.39 is 0 Å². The number of fused-ring (bicyclic) bond motifs is 11. The summed E-state index contributed by atoms with van der Waals surface area (Å²) in [6.45, 7) is 0. The van der Waals surface area contributed by atoms with Gasteiger partial charge in [0.15, 0.2) is 17.5 Å². The lowest BCUT2D eigenvalue weighted by molar-refractivity contribution is 0.668. The van der Waals surface area contributed by atoms with Gasteiger partial charge in [-0.15, -0.1) is 0 Å². The minimum absolute atomic E-state index is 0.539. The highest BCUT2D eigenvalue weighted by Crippen LogP contribution is 2.42. The Labute approximate surface area is 336 Å². The van der Waals surface area contributed by atoms with Gasteiger partial charge in [-0.25, -0.2) is 15.0 Å². The van der Waals surface area contributed by atoms with Crippen LogP contribution in [-0.4, -0.2) is 19.5 Å². The van der Waals surface area contributed by atoms with Crippen LogP contribution in [0.1, 0.15) is 0 Å². The van der Waals surface area contributed by atoms with Gasteiger partial charge in [-0.1, -0.05) is 121 Å². The predicted molar refractivity (Wildman–Crippen MR) is 240 cm³/mol. The van der Waals surface area contributed by atoms with Gasteiger partial charge in [-0.05, 0) is 76.1 Å². The fraction of sp³-hybridized carbons (Fsp3) is 0. The number of para-hydroxylation sites is 2. The maximum Gasteiger partial charge on any atom is 0.167 e. The third-order valence-electron chi connectivity index (χ3n) is 11.8. The molecule has 0 aliphatic rings. The SMILES string of the molecule is c1ccc(-c2nc(-c3cccc4c3oc3ccccc34)nc(-c3cccc4oc5cc(-n6c7cc8ccccc8cc7c7cc8ccccc8cc76)ccc5c34)n2)cc1. The molecule has 59 heavy (non-hydrogen) atoms. The molecule has 0 aliphatic carbocycles. The Morgan fingerprint density at radius 3 is 1.68 bits per heavy atom. The van der Waals surface area contributed by atoms with Crippen LogP contribution >= 0.6 is 0 Å². The lowest BCUT2D eigenvalue weighted by atomic mass is 10.0. The Kier molecular flexibility index (Phi) is 6.63. The van der Waals surface area contributed by atoms with Gasteiger partial charge in [0.1, 0.15) is 22.3 Å². The summed E-state index contributed by atoms with van der Waals surface area (Å²) in [7, 11) is 0. The molecule has 4 aromatic heterocycles. The molecule has 0 amide bonds. The highest BCUT2D eigenvalue weighted by Gasteiger charge is 2.22. The topological polar surface area (TPSA) is 69.9 Å². The fourth-order valence-electron chi connectivity index (χ4n) is 9.06. The van der Waals surface area contributed by atoms with E-state index in [-0.39, 0.29) is 0 Å². The van der Waals surface area contributed by atoms with Gasteiger partial charge in [0.25, 0.3) is 0 Å². The molecule has 0 aliphatic heterocycles. The molecule has 0 atom stereocenters. The molecule has 9 aromatic carbocycles. The molecule has 0 unspecified atom stereocenters. The molecule has 4 heterocycles. The van der Waals surface area contributed by atoms with Crippen LogP contribution in [0.5, 0.6) is 0 Å². The normalized spacial score (nSPS) is 12.1. The van der Waals surface area contributed by atoms with E-state index in [9.17, 15) is 0 Å². The maximum absolute atomic E-state index is 6.74. The van der Waals surface area contributed by atoms with Crippen LogP contribution in [0, 0.1) is 0 Å². The zero-order valence-electron chi connectivity index (χ0n) is 31.4. The number of benzene rings is 9. The summed E-state index contributed by atoms with van der Waals surface area (Å²) in [6.07, 6.45) is 0. The van der Waals surface area contributed by atoms with E-state index in [1.807, 2.05) is 72.8 Å².